The zero-order chi connectivity index (χ0) is 13.7. The SMILES string of the molecule is CCOC(=O)C(C(=O)C1CCCC(C)C1)C(C)C. The van der Waals surface area contributed by atoms with Gasteiger partial charge in [-0.1, -0.05) is 33.6 Å². The Morgan fingerprint density at radius 1 is 1.28 bits per heavy atom. The highest BCUT2D eigenvalue weighted by atomic mass is 16.5. The lowest BCUT2D eigenvalue weighted by Gasteiger charge is -2.29. The Bertz CT molecular complexity index is 296. The lowest BCUT2D eigenvalue weighted by molar-refractivity contribution is -0.155. The first-order valence-corrected chi connectivity index (χ1v) is 7.17. The van der Waals surface area contributed by atoms with Crippen molar-refractivity contribution in [1.29, 1.82) is 0 Å². The Morgan fingerprint density at radius 2 is 1.94 bits per heavy atom. The maximum Gasteiger partial charge on any atom is 0.316 e. The van der Waals surface area contributed by atoms with Gasteiger partial charge in [0, 0.05) is 5.92 Å². The minimum absolute atomic E-state index is 0.0220. The van der Waals surface area contributed by atoms with Crippen molar-refractivity contribution in [3.8, 4) is 0 Å². The molecule has 3 nitrogen and oxygen atoms in total. The van der Waals surface area contributed by atoms with Crippen LogP contribution in [-0.2, 0) is 14.3 Å². The van der Waals surface area contributed by atoms with Crippen LogP contribution in [0.3, 0.4) is 0 Å². The summed E-state index contributed by atoms with van der Waals surface area (Å²) in [5, 5.41) is 0. The van der Waals surface area contributed by atoms with Crippen LogP contribution in [0.5, 0.6) is 0 Å². The van der Waals surface area contributed by atoms with E-state index in [9.17, 15) is 9.59 Å². The highest BCUT2D eigenvalue weighted by molar-refractivity contribution is 6.00. The van der Waals surface area contributed by atoms with Crippen LogP contribution in [0.25, 0.3) is 0 Å². The molecular weight excluding hydrogens is 228 g/mol. The molecule has 3 unspecified atom stereocenters. The molecule has 0 heterocycles. The molecule has 0 radical (unpaired) electrons. The summed E-state index contributed by atoms with van der Waals surface area (Å²) in [6, 6.07) is 0. The maximum atomic E-state index is 12.5. The Morgan fingerprint density at radius 3 is 2.44 bits per heavy atom. The van der Waals surface area contributed by atoms with E-state index in [1.165, 1.54) is 6.42 Å². The zero-order valence-corrected chi connectivity index (χ0v) is 12.1. The molecule has 1 fully saturated rings. The Hall–Kier alpha value is -0.860. The van der Waals surface area contributed by atoms with Crippen molar-refractivity contribution in [2.45, 2.75) is 53.4 Å². The van der Waals surface area contributed by atoms with E-state index in [0.717, 1.165) is 19.3 Å². The number of carbonyl (C=O) groups excluding carboxylic acids is 2. The average molecular weight is 254 g/mol. The molecule has 0 amide bonds. The summed E-state index contributed by atoms with van der Waals surface area (Å²) in [5.41, 5.74) is 0. The van der Waals surface area contributed by atoms with Gasteiger partial charge in [-0.3, -0.25) is 9.59 Å². The molecule has 0 aromatic carbocycles. The largest absolute Gasteiger partial charge is 0.465 e. The van der Waals surface area contributed by atoms with Gasteiger partial charge in [-0.25, -0.2) is 0 Å². The number of hydrogen-bond donors (Lipinski definition) is 0. The molecule has 0 N–H and O–H groups in total. The summed E-state index contributed by atoms with van der Waals surface area (Å²) in [5.74, 6) is -0.118. The second-order valence-electron chi connectivity index (χ2n) is 5.84. The molecule has 0 spiro atoms. The van der Waals surface area contributed by atoms with Crippen molar-refractivity contribution >= 4 is 11.8 Å². The Kier molecular flexibility index (Phi) is 5.83. The number of hydrogen-bond acceptors (Lipinski definition) is 3. The van der Waals surface area contributed by atoms with Crippen LogP contribution in [0, 0.1) is 23.7 Å². The fourth-order valence-corrected chi connectivity index (χ4v) is 2.90. The Labute approximate surface area is 110 Å². The summed E-state index contributed by atoms with van der Waals surface area (Å²) in [6.45, 7) is 8.16. The maximum absolute atomic E-state index is 12.5. The average Bonchev–Trinajstić information content (AvgIpc) is 2.28. The van der Waals surface area contributed by atoms with E-state index in [4.69, 9.17) is 4.74 Å². The molecule has 0 bridgehead atoms. The van der Waals surface area contributed by atoms with Crippen molar-refractivity contribution < 1.29 is 14.3 Å². The summed E-state index contributed by atoms with van der Waals surface area (Å²) in [7, 11) is 0. The van der Waals surface area contributed by atoms with Crippen molar-refractivity contribution in [1.82, 2.24) is 0 Å². The van der Waals surface area contributed by atoms with Gasteiger partial charge in [-0.15, -0.1) is 0 Å². The van der Waals surface area contributed by atoms with Gasteiger partial charge in [0.25, 0.3) is 0 Å². The van der Waals surface area contributed by atoms with Crippen LogP contribution in [-0.4, -0.2) is 18.4 Å². The first kappa shape index (κ1) is 15.2. The molecule has 0 saturated heterocycles. The van der Waals surface area contributed by atoms with Gasteiger partial charge >= 0.3 is 5.97 Å². The van der Waals surface area contributed by atoms with Gasteiger partial charge in [0.1, 0.15) is 11.7 Å². The molecule has 0 aromatic heterocycles. The van der Waals surface area contributed by atoms with Crippen molar-refractivity contribution in [3.63, 3.8) is 0 Å². The molecule has 0 aromatic rings. The molecule has 104 valence electrons. The van der Waals surface area contributed by atoms with Gasteiger partial charge in [0.2, 0.25) is 0 Å². The first-order valence-electron chi connectivity index (χ1n) is 7.17. The molecular formula is C15H26O3. The fourth-order valence-electron chi connectivity index (χ4n) is 2.90. The first-order chi connectivity index (χ1) is 8.47. The second kappa shape index (κ2) is 6.91. The predicted molar refractivity (Wildman–Crippen MR) is 71.1 cm³/mol. The van der Waals surface area contributed by atoms with Gasteiger partial charge in [0.15, 0.2) is 0 Å². The third kappa shape index (κ3) is 3.82. The van der Waals surface area contributed by atoms with E-state index < -0.39 is 5.92 Å². The standard InChI is InChI=1S/C15H26O3/c1-5-18-15(17)13(10(2)3)14(16)12-8-6-7-11(4)9-12/h10-13H,5-9H2,1-4H3. The molecule has 3 heteroatoms. The quantitative estimate of drug-likeness (QED) is 0.559. The number of rotatable bonds is 5. The third-order valence-electron chi connectivity index (χ3n) is 3.85. The smallest absolute Gasteiger partial charge is 0.316 e. The van der Waals surface area contributed by atoms with Gasteiger partial charge < -0.3 is 4.74 Å². The number of Topliss-reactive ketones (excluding diaryl/α,β-unsaturated/α-hetero) is 1. The summed E-state index contributed by atoms with van der Waals surface area (Å²) in [6.07, 6.45) is 4.17. The number of ether oxygens (including phenoxy) is 1. The van der Waals surface area contributed by atoms with Crippen molar-refractivity contribution in [2.75, 3.05) is 6.61 Å². The summed E-state index contributed by atoms with van der Waals surface area (Å²) < 4.78 is 5.04. The topological polar surface area (TPSA) is 43.4 Å². The van der Waals surface area contributed by atoms with E-state index in [1.54, 1.807) is 6.92 Å². The van der Waals surface area contributed by atoms with Crippen molar-refractivity contribution in [2.24, 2.45) is 23.7 Å². The third-order valence-corrected chi connectivity index (χ3v) is 3.85. The molecule has 3 atom stereocenters. The summed E-state index contributed by atoms with van der Waals surface area (Å²) >= 11 is 0. The number of esters is 1. The van der Waals surface area contributed by atoms with E-state index in [1.807, 2.05) is 13.8 Å². The molecule has 1 aliphatic carbocycles. The van der Waals surface area contributed by atoms with Gasteiger partial charge in [0.05, 0.1) is 6.61 Å². The van der Waals surface area contributed by atoms with E-state index in [2.05, 4.69) is 6.92 Å². The lowest BCUT2D eigenvalue weighted by Crippen LogP contribution is -2.36. The van der Waals surface area contributed by atoms with Crippen LogP contribution < -0.4 is 0 Å². The lowest BCUT2D eigenvalue weighted by atomic mass is 9.75. The van der Waals surface area contributed by atoms with E-state index in [0.29, 0.717) is 12.5 Å². The van der Waals surface area contributed by atoms with Crippen LogP contribution in [0.4, 0.5) is 0 Å². The monoisotopic (exact) mass is 254 g/mol. The number of ketones is 1. The van der Waals surface area contributed by atoms with Crippen LogP contribution in [0.2, 0.25) is 0 Å². The van der Waals surface area contributed by atoms with E-state index in [-0.39, 0.29) is 23.6 Å². The predicted octanol–water partition coefficient (Wildman–Crippen LogP) is 3.22. The zero-order valence-electron chi connectivity index (χ0n) is 12.1. The van der Waals surface area contributed by atoms with Crippen molar-refractivity contribution in [3.05, 3.63) is 0 Å². The van der Waals surface area contributed by atoms with E-state index >= 15 is 0 Å². The van der Waals surface area contributed by atoms with Gasteiger partial charge in [-0.05, 0) is 31.6 Å². The van der Waals surface area contributed by atoms with Crippen LogP contribution in [0.15, 0.2) is 0 Å². The minimum atomic E-state index is -0.569. The van der Waals surface area contributed by atoms with Crippen LogP contribution in [0.1, 0.15) is 53.4 Å². The molecule has 0 aliphatic heterocycles. The number of carbonyl (C=O) groups is 2. The van der Waals surface area contributed by atoms with Gasteiger partial charge in [-0.2, -0.15) is 0 Å². The molecule has 1 aliphatic rings. The Balaban J connectivity index is 2.72. The molecule has 18 heavy (non-hydrogen) atoms. The second-order valence-corrected chi connectivity index (χ2v) is 5.84. The van der Waals surface area contributed by atoms with Crippen LogP contribution >= 0.6 is 0 Å². The molecule has 1 saturated carbocycles. The molecule has 1 rings (SSSR count). The minimum Gasteiger partial charge on any atom is -0.465 e. The highest BCUT2D eigenvalue weighted by Crippen LogP contribution is 2.32. The fraction of sp³-hybridized carbons (Fsp3) is 0.867. The normalized spacial score (nSPS) is 25.8. The highest BCUT2D eigenvalue weighted by Gasteiger charge is 2.37. The summed E-state index contributed by atoms with van der Waals surface area (Å²) in [4.78, 5) is 24.4.